The van der Waals surface area contributed by atoms with E-state index in [4.69, 9.17) is 4.74 Å². The van der Waals surface area contributed by atoms with E-state index in [1.165, 1.54) is 4.31 Å². The largest absolute Gasteiger partial charge is 0.493 e. The Balaban J connectivity index is 1.96. The van der Waals surface area contributed by atoms with Gasteiger partial charge < -0.3 is 9.53 Å². The predicted octanol–water partition coefficient (Wildman–Crippen LogP) is 1.36. The maximum absolute atomic E-state index is 12.7. The van der Waals surface area contributed by atoms with Crippen LogP contribution in [0.1, 0.15) is 24.8 Å². The fourth-order valence-corrected chi connectivity index (χ4v) is 4.51. The first-order valence-corrected chi connectivity index (χ1v) is 8.30. The third-order valence-corrected chi connectivity index (χ3v) is 5.84. The van der Waals surface area contributed by atoms with Crippen LogP contribution in [0.15, 0.2) is 23.1 Å². The number of aldehydes is 1. The van der Waals surface area contributed by atoms with Crippen LogP contribution in [0, 0.1) is 0 Å². The molecule has 1 aromatic carbocycles. The minimum Gasteiger partial charge on any atom is -0.493 e. The van der Waals surface area contributed by atoms with Crippen LogP contribution >= 0.6 is 0 Å². The molecule has 0 aromatic heterocycles. The van der Waals surface area contributed by atoms with Crippen molar-refractivity contribution in [1.82, 2.24) is 4.31 Å². The van der Waals surface area contributed by atoms with Crippen LogP contribution in [0.2, 0.25) is 0 Å². The van der Waals surface area contributed by atoms with Gasteiger partial charge >= 0.3 is 0 Å². The second-order valence-corrected chi connectivity index (χ2v) is 7.07. The van der Waals surface area contributed by atoms with Crippen molar-refractivity contribution in [3.63, 3.8) is 0 Å². The Bertz CT molecular complexity index is 626. The van der Waals surface area contributed by atoms with Gasteiger partial charge in [0, 0.05) is 13.0 Å². The Labute approximate surface area is 118 Å². The Kier molecular flexibility index (Phi) is 3.52. The van der Waals surface area contributed by atoms with Crippen molar-refractivity contribution in [2.24, 2.45) is 0 Å². The summed E-state index contributed by atoms with van der Waals surface area (Å²) in [6, 6.07) is 4.41. The number of benzene rings is 1. The molecule has 2 aliphatic rings. The minimum atomic E-state index is -3.60. The third kappa shape index (κ3) is 2.23. The Morgan fingerprint density at radius 2 is 2.15 bits per heavy atom. The average molecular weight is 295 g/mol. The molecule has 1 aromatic rings. The van der Waals surface area contributed by atoms with E-state index < -0.39 is 16.1 Å². The molecule has 0 amide bonds. The molecule has 0 aliphatic carbocycles. The monoisotopic (exact) mass is 295 g/mol. The van der Waals surface area contributed by atoms with E-state index in [0.717, 1.165) is 36.9 Å². The van der Waals surface area contributed by atoms with Gasteiger partial charge in [-0.15, -0.1) is 0 Å². The number of sulfonamides is 1. The first-order valence-electron chi connectivity index (χ1n) is 6.86. The molecule has 5 nitrogen and oxygen atoms in total. The number of hydrogen-bond donors (Lipinski definition) is 0. The molecule has 2 aliphatic heterocycles. The Morgan fingerprint density at radius 3 is 2.95 bits per heavy atom. The summed E-state index contributed by atoms with van der Waals surface area (Å²) >= 11 is 0. The van der Waals surface area contributed by atoms with Crippen molar-refractivity contribution < 1.29 is 17.9 Å². The van der Waals surface area contributed by atoms with Gasteiger partial charge in [-0.2, -0.15) is 4.31 Å². The van der Waals surface area contributed by atoms with Gasteiger partial charge in [-0.05, 0) is 36.6 Å². The van der Waals surface area contributed by atoms with Crippen LogP contribution in [-0.4, -0.2) is 38.2 Å². The first kappa shape index (κ1) is 13.6. The van der Waals surface area contributed by atoms with E-state index in [1.54, 1.807) is 18.2 Å². The highest BCUT2D eigenvalue weighted by Crippen LogP contribution is 2.30. The molecule has 1 saturated heterocycles. The molecule has 108 valence electrons. The van der Waals surface area contributed by atoms with Gasteiger partial charge in [-0.3, -0.25) is 0 Å². The molecule has 3 rings (SSSR count). The maximum Gasteiger partial charge on any atom is 0.243 e. The Hall–Kier alpha value is -1.40. The summed E-state index contributed by atoms with van der Waals surface area (Å²) in [6.07, 6.45) is 3.78. The molecule has 0 bridgehead atoms. The highest BCUT2D eigenvalue weighted by atomic mass is 32.2. The molecule has 1 atom stereocenters. The van der Waals surface area contributed by atoms with E-state index in [9.17, 15) is 13.2 Å². The second-order valence-electron chi connectivity index (χ2n) is 5.18. The normalized spacial score (nSPS) is 23.1. The van der Waals surface area contributed by atoms with E-state index in [2.05, 4.69) is 0 Å². The van der Waals surface area contributed by atoms with Gasteiger partial charge in [-0.25, -0.2) is 8.42 Å². The van der Waals surface area contributed by atoms with Crippen molar-refractivity contribution in [2.75, 3.05) is 13.2 Å². The summed E-state index contributed by atoms with van der Waals surface area (Å²) in [5.74, 6) is 0.759. The van der Waals surface area contributed by atoms with Crippen molar-refractivity contribution in [3.8, 4) is 5.75 Å². The summed E-state index contributed by atoms with van der Waals surface area (Å²) in [6.45, 7) is 1.01. The topological polar surface area (TPSA) is 63.7 Å². The van der Waals surface area contributed by atoms with Crippen molar-refractivity contribution in [2.45, 2.75) is 36.6 Å². The van der Waals surface area contributed by atoms with E-state index in [1.807, 2.05) is 0 Å². The zero-order valence-electron chi connectivity index (χ0n) is 11.1. The van der Waals surface area contributed by atoms with Crippen LogP contribution in [0.4, 0.5) is 0 Å². The quantitative estimate of drug-likeness (QED) is 0.790. The van der Waals surface area contributed by atoms with Crippen molar-refractivity contribution in [3.05, 3.63) is 23.8 Å². The fourth-order valence-electron chi connectivity index (χ4n) is 2.82. The molecule has 0 saturated carbocycles. The summed E-state index contributed by atoms with van der Waals surface area (Å²) in [5, 5.41) is 0. The van der Waals surface area contributed by atoms with Crippen LogP contribution in [0.25, 0.3) is 0 Å². The number of rotatable bonds is 3. The van der Waals surface area contributed by atoms with Crippen molar-refractivity contribution >= 4 is 16.3 Å². The van der Waals surface area contributed by atoms with Gasteiger partial charge in [0.15, 0.2) is 0 Å². The minimum absolute atomic E-state index is 0.260. The number of piperidine rings is 1. The van der Waals surface area contributed by atoms with Gasteiger partial charge in [0.25, 0.3) is 0 Å². The Morgan fingerprint density at radius 1 is 1.30 bits per heavy atom. The van der Waals surface area contributed by atoms with Crippen molar-refractivity contribution in [1.29, 1.82) is 0 Å². The van der Waals surface area contributed by atoms with E-state index >= 15 is 0 Å². The fraction of sp³-hybridized carbons (Fsp3) is 0.500. The zero-order chi connectivity index (χ0) is 14.2. The lowest BCUT2D eigenvalue weighted by atomic mass is 10.1. The summed E-state index contributed by atoms with van der Waals surface area (Å²) in [7, 11) is -3.60. The highest BCUT2D eigenvalue weighted by molar-refractivity contribution is 7.89. The van der Waals surface area contributed by atoms with Gasteiger partial charge in [-0.1, -0.05) is 6.42 Å². The van der Waals surface area contributed by atoms with Gasteiger partial charge in [0.2, 0.25) is 10.0 Å². The van der Waals surface area contributed by atoms with Crippen LogP contribution in [0.3, 0.4) is 0 Å². The van der Waals surface area contributed by atoms with Gasteiger partial charge in [0.1, 0.15) is 12.0 Å². The molecule has 0 radical (unpaired) electrons. The molecule has 6 heteroatoms. The summed E-state index contributed by atoms with van der Waals surface area (Å²) < 4.78 is 32.1. The van der Waals surface area contributed by atoms with E-state index in [0.29, 0.717) is 19.6 Å². The molecular weight excluding hydrogens is 278 g/mol. The number of hydrogen-bond acceptors (Lipinski definition) is 4. The number of fused-ring (bicyclic) bond motifs is 1. The number of ether oxygens (including phenoxy) is 1. The van der Waals surface area contributed by atoms with Crippen LogP contribution in [-0.2, 0) is 21.2 Å². The summed E-state index contributed by atoms with van der Waals surface area (Å²) in [5.41, 5.74) is 0.922. The van der Waals surface area contributed by atoms with Crippen LogP contribution in [0.5, 0.6) is 5.75 Å². The number of carbonyl (C=O) groups excluding carboxylic acids is 1. The smallest absolute Gasteiger partial charge is 0.243 e. The summed E-state index contributed by atoms with van der Waals surface area (Å²) in [4.78, 5) is 11.4. The molecule has 1 fully saturated rings. The molecule has 1 unspecified atom stereocenters. The average Bonchev–Trinajstić information content (AvgIpc) is 2.94. The molecule has 0 spiro atoms. The SMILES string of the molecule is O=CC1CCCCN1S(=O)(=O)c1ccc2c(c1)CCO2. The lowest BCUT2D eigenvalue weighted by Crippen LogP contribution is -2.44. The highest BCUT2D eigenvalue weighted by Gasteiger charge is 2.33. The molecule has 2 heterocycles. The molecule has 0 N–H and O–H groups in total. The lowest BCUT2D eigenvalue weighted by Gasteiger charge is -2.31. The van der Waals surface area contributed by atoms with E-state index in [-0.39, 0.29) is 4.90 Å². The van der Waals surface area contributed by atoms with Crippen LogP contribution < -0.4 is 4.74 Å². The predicted molar refractivity (Wildman–Crippen MR) is 73.2 cm³/mol. The van der Waals surface area contributed by atoms with Gasteiger partial charge in [0.05, 0.1) is 17.5 Å². The maximum atomic E-state index is 12.7. The number of nitrogens with zero attached hydrogens (tertiary/aromatic N) is 1. The molecule has 20 heavy (non-hydrogen) atoms. The third-order valence-electron chi connectivity index (χ3n) is 3.92. The first-order chi connectivity index (χ1) is 9.63. The lowest BCUT2D eigenvalue weighted by molar-refractivity contribution is -0.111. The second kappa shape index (κ2) is 5.18. The number of carbonyl (C=O) groups is 1. The standard InChI is InChI=1S/C14H17NO4S/c16-10-12-3-1-2-7-15(12)20(17,18)13-4-5-14-11(9-13)6-8-19-14/h4-5,9-10,12H,1-3,6-8H2. The zero-order valence-corrected chi connectivity index (χ0v) is 11.9. The molecular formula is C14H17NO4S.